The third kappa shape index (κ3) is 5.12. The van der Waals surface area contributed by atoms with Gasteiger partial charge in [-0.15, -0.1) is 0 Å². The van der Waals surface area contributed by atoms with Crippen LogP contribution in [0.4, 0.5) is 0 Å². The number of carboxylic acid groups (broad SMARTS) is 1. The maximum atomic E-state index is 12.5. The Morgan fingerprint density at radius 2 is 1.75 bits per heavy atom. The van der Waals surface area contributed by atoms with Crippen LogP contribution in [0.2, 0.25) is 0 Å². The monoisotopic (exact) mass is 284 g/mol. The number of aliphatic carboxylic acids is 1. The van der Waals surface area contributed by atoms with Crippen molar-refractivity contribution in [1.82, 2.24) is 9.80 Å². The minimum atomic E-state index is -0.774. The van der Waals surface area contributed by atoms with E-state index in [0.29, 0.717) is 13.0 Å². The summed E-state index contributed by atoms with van der Waals surface area (Å²) >= 11 is 0. The van der Waals surface area contributed by atoms with Crippen molar-refractivity contribution in [2.45, 2.75) is 65.0 Å². The standard InChI is InChI=1S/C15H28N2O3/c1-12(2)17(11-7-8-14(18)19)13(3)15(20)16-9-5-4-6-10-16/h12-13H,4-11H2,1-3H3,(H,18,19). The molecule has 5 heteroatoms. The maximum absolute atomic E-state index is 12.5. The number of hydrogen-bond acceptors (Lipinski definition) is 3. The molecule has 20 heavy (non-hydrogen) atoms. The smallest absolute Gasteiger partial charge is 0.303 e. The summed E-state index contributed by atoms with van der Waals surface area (Å²) in [5.41, 5.74) is 0. The summed E-state index contributed by atoms with van der Waals surface area (Å²) in [5.74, 6) is -0.586. The summed E-state index contributed by atoms with van der Waals surface area (Å²) < 4.78 is 0. The normalized spacial score (nSPS) is 17.6. The number of nitrogens with zero attached hydrogens (tertiary/aromatic N) is 2. The Bertz CT molecular complexity index is 325. The Morgan fingerprint density at radius 3 is 2.25 bits per heavy atom. The minimum Gasteiger partial charge on any atom is -0.481 e. The second-order valence-electron chi connectivity index (χ2n) is 5.89. The van der Waals surface area contributed by atoms with Gasteiger partial charge in [-0.3, -0.25) is 14.5 Å². The third-order valence-corrected chi connectivity index (χ3v) is 3.99. The van der Waals surface area contributed by atoms with Gasteiger partial charge in [-0.05, 0) is 53.0 Å². The van der Waals surface area contributed by atoms with Crippen molar-refractivity contribution in [3.63, 3.8) is 0 Å². The molecular formula is C15H28N2O3. The van der Waals surface area contributed by atoms with Gasteiger partial charge >= 0.3 is 5.97 Å². The van der Waals surface area contributed by atoms with E-state index in [0.717, 1.165) is 25.9 Å². The number of likely N-dealkylation sites (tertiary alicyclic amines) is 1. The fourth-order valence-electron chi connectivity index (χ4n) is 2.83. The molecule has 0 aromatic carbocycles. The quantitative estimate of drug-likeness (QED) is 0.776. The van der Waals surface area contributed by atoms with Gasteiger partial charge in [0.25, 0.3) is 0 Å². The highest BCUT2D eigenvalue weighted by Gasteiger charge is 2.28. The Labute approximate surface area is 121 Å². The van der Waals surface area contributed by atoms with Gasteiger partial charge in [0, 0.05) is 25.6 Å². The summed E-state index contributed by atoms with van der Waals surface area (Å²) in [4.78, 5) is 27.2. The third-order valence-electron chi connectivity index (χ3n) is 3.99. The molecule has 1 N–H and O–H groups in total. The van der Waals surface area contributed by atoms with Crippen LogP contribution in [0.3, 0.4) is 0 Å². The Morgan fingerprint density at radius 1 is 1.15 bits per heavy atom. The molecule has 1 fully saturated rings. The zero-order chi connectivity index (χ0) is 15.1. The first-order valence-electron chi connectivity index (χ1n) is 7.69. The fraction of sp³-hybridized carbons (Fsp3) is 0.867. The molecule has 1 rings (SSSR count). The average molecular weight is 284 g/mol. The fourth-order valence-corrected chi connectivity index (χ4v) is 2.83. The van der Waals surface area contributed by atoms with E-state index in [2.05, 4.69) is 18.7 Å². The molecule has 1 saturated heterocycles. The molecule has 1 aliphatic heterocycles. The molecule has 116 valence electrons. The van der Waals surface area contributed by atoms with Gasteiger partial charge in [0.2, 0.25) is 5.91 Å². The van der Waals surface area contributed by atoms with Crippen molar-refractivity contribution in [3.05, 3.63) is 0 Å². The van der Waals surface area contributed by atoms with Crippen LogP contribution in [0.1, 0.15) is 52.9 Å². The van der Waals surface area contributed by atoms with Gasteiger partial charge in [-0.2, -0.15) is 0 Å². The van der Waals surface area contributed by atoms with Crippen molar-refractivity contribution in [2.75, 3.05) is 19.6 Å². The topological polar surface area (TPSA) is 60.9 Å². The van der Waals surface area contributed by atoms with Gasteiger partial charge in [-0.25, -0.2) is 0 Å². The number of hydrogen-bond donors (Lipinski definition) is 1. The Kier molecular flexibility index (Phi) is 6.99. The second-order valence-corrected chi connectivity index (χ2v) is 5.89. The largest absolute Gasteiger partial charge is 0.481 e. The highest BCUT2D eigenvalue weighted by atomic mass is 16.4. The first-order chi connectivity index (χ1) is 9.43. The van der Waals surface area contributed by atoms with E-state index in [1.54, 1.807) is 0 Å². The van der Waals surface area contributed by atoms with Crippen LogP contribution >= 0.6 is 0 Å². The van der Waals surface area contributed by atoms with E-state index in [9.17, 15) is 9.59 Å². The second kappa shape index (κ2) is 8.25. The molecule has 0 aliphatic carbocycles. The van der Waals surface area contributed by atoms with E-state index >= 15 is 0 Å². The van der Waals surface area contributed by atoms with E-state index in [1.807, 2.05) is 11.8 Å². The molecule has 1 aliphatic rings. The zero-order valence-electron chi connectivity index (χ0n) is 13.0. The van der Waals surface area contributed by atoms with Crippen LogP contribution in [-0.4, -0.2) is 58.5 Å². The summed E-state index contributed by atoms with van der Waals surface area (Å²) in [5, 5.41) is 8.72. The molecule has 0 aromatic heterocycles. The molecule has 0 radical (unpaired) electrons. The van der Waals surface area contributed by atoms with Crippen LogP contribution in [0.5, 0.6) is 0 Å². The summed E-state index contributed by atoms with van der Waals surface area (Å²) in [6, 6.07) is 0.0782. The molecule has 1 unspecified atom stereocenters. The molecule has 1 atom stereocenters. The Balaban J connectivity index is 2.55. The van der Waals surface area contributed by atoms with E-state index in [-0.39, 0.29) is 24.4 Å². The SMILES string of the molecule is CC(C)N(CCCC(=O)O)C(C)C(=O)N1CCCCC1. The minimum absolute atomic E-state index is 0.161. The van der Waals surface area contributed by atoms with Crippen molar-refractivity contribution in [1.29, 1.82) is 0 Å². The molecule has 1 heterocycles. The van der Waals surface area contributed by atoms with Crippen LogP contribution in [0.25, 0.3) is 0 Å². The van der Waals surface area contributed by atoms with Crippen molar-refractivity contribution < 1.29 is 14.7 Å². The first-order valence-corrected chi connectivity index (χ1v) is 7.69. The zero-order valence-corrected chi connectivity index (χ0v) is 13.0. The molecule has 5 nitrogen and oxygen atoms in total. The lowest BCUT2D eigenvalue weighted by Gasteiger charge is -2.36. The number of amides is 1. The Hall–Kier alpha value is -1.10. The molecular weight excluding hydrogens is 256 g/mol. The van der Waals surface area contributed by atoms with E-state index < -0.39 is 5.97 Å². The van der Waals surface area contributed by atoms with Crippen molar-refractivity contribution in [3.8, 4) is 0 Å². The van der Waals surface area contributed by atoms with E-state index in [4.69, 9.17) is 5.11 Å². The van der Waals surface area contributed by atoms with Gasteiger partial charge in [0.1, 0.15) is 0 Å². The number of carboxylic acids is 1. The number of carbonyl (C=O) groups is 2. The number of piperidine rings is 1. The highest BCUT2D eigenvalue weighted by molar-refractivity contribution is 5.81. The molecule has 0 aromatic rings. The average Bonchev–Trinajstić information content (AvgIpc) is 2.42. The summed E-state index contributed by atoms with van der Waals surface area (Å²) in [6.45, 7) is 8.44. The van der Waals surface area contributed by atoms with Crippen LogP contribution in [-0.2, 0) is 9.59 Å². The van der Waals surface area contributed by atoms with Gasteiger partial charge in [0.15, 0.2) is 0 Å². The van der Waals surface area contributed by atoms with Crippen LogP contribution in [0, 0.1) is 0 Å². The summed E-state index contributed by atoms with van der Waals surface area (Å²) in [7, 11) is 0. The lowest BCUT2D eigenvalue weighted by Crippen LogP contribution is -2.51. The maximum Gasteiger partial charge on any atom is 0.303 e. The molecule has 0 bridgehead atoms. The lowest BCUT2D eigenvalue weighted by molar-refractivity contribution is -0.138. The molecule has 0 saturated carbocycles. The van der Waals surface area contributed by atoms with Crippen LogP contribution in [0.15, 0.2) is 0 Å². The van der Waals surface area contributed by atoms with Crippen molar-refractivity contribution in [2.24, 2.45) is 0 Å². The van der Waals surface area contributed by atoms with Gasteiger partial charge < -0.3 is 10.0 Å². The van der Waals surface area contributed by atoms with Gasteiger partial charge in [0.05, 0.1) is 6.04 Å². The highest BCUT2D eigenvalue weighted by Crippen LogP contribution is 2.15. The lowest BCUT2D eigenvalue weighted by atomic mass is 10.1. The van der Waals surface area contributed by atoms with E-state index in [1.165, 1.54) is 6.42 Å². The first kappa shape index (κ1) is 17.0. The van der Waals surface area contributed by atoms with Crippen molar-refractivity contribution >= 4 is 11.9 Å². The predicted octanol–water partition coefficient (Wildman–Crippen LogP) is 1.96. The van der Waals surface area contributed by atoms with Crippen LogP contribution < -0.4 is 0 Å². The molecule has 0 spiro atoms. The number of rotatable bonds is 7. The summed E-state index contributed by atoms with van der Waals surface area (Å²) in [6.07, 6.45) is 4.15. The predicted molar refractivity (Wildman–Crippen MR) is 78.6 cm³/mol. The number of carbonyl (C=O) groups excluding carboxylic acids is 1. The molecule has 1 amide bonds. The van der Waals surface area contributed by atoms with Gasteiger partial charge in [-0.1, -0.05) is 0 Å².